The molecular formula is C34H34F3N5O4S. The summed E-state index contributed by atoms with van der Waals surface area (Å²) in [4.78, 5) is 47.4. The molecule has 0 aliphatic carbocycles. The zero-order valence-electron chi connectivity index (χ0n) is 25.9. The zero-order valence-corrected chi connectivity index (χ0v) is 26.7. The summed E-state index contributed by atoms with van der Waals surface area (Å²) in [7, 11) is 0. The Morgan fingerprint density at radius 3 is 2.43 bits per heavy atom. The van der Waals surface area contributed by atoms with E-state index in [1.165, 1.54) is 17.4 Å². The fourth-order valence-corrected chi connectivity index (χ4v) is 7.30. The van der Waals surface area contributed by atoms with Gasteiger partial charge in [0.1, 0.15) is 11.4 Å². The molecule has 1 atom stereocenters. The Kier molecular flexibility index (Phi) is 8.90. The molecule has 0 bridgehead atoms. The highest BCUT2D eigenvalue weighted by Crippen LogP contribution is 2.39. The van der Waals surface area contributed by atoms with Gasteiger partial charge in [0, 0.05) is 30.1 Å². The number of anilines is 1. The Balaban J connectivity index is 1.12. The van der Waals surface area contributed by atoms with Gasteiger partial charge < -0.3 is 10.4 Å². The molecule has 2 saturated heterocycles. The van der Waals surface area contributed by atoms with Crippen molar-refractivity contribution in [1.82, 2.24) is 20.2 Å². The van der Waals surface area contributed by atoms with Crippen molar-refractivity contribution in [2.75, 3.05) is 18.4 Å². The summed E-state index contributed by atoms with van der Waals surface area (Å²) in [5, 5.41) is 16.9. The van der Waals surface area contributed by atoms with E-state index in [-0.39, 0.29) is 35.0 Å². The fraction of sp³-hybridized carbons (Fsp3) is 0.382. The maximum absolute atomic E-state index is 13.2. The van der Waals surface area contributed by atoms with Gasteiger partial charge in [-0.3, -0.25) is 24.6 Å². The molecule has 3 amide bonds. The van der Waals surface area contributed by atoms with E-state index in [1.807, 2.05) is 24.3 Å². The van der Waals surface area contributed by atoms with Gasteiger partial charge in [-0.1, -0.05) is 30.3 Å². The number of likely N-dealkylation sites (tertiary alicyclic amines) is 1. The van der Waals surface area contributed by atoms with Crippen LogP contribution >= 0.6 is 11.3 Å². The van der Waals surface area contributed by atoms with E-state index in [0.29, 0.717) is 23.9 Å². The van der Waals surface area contributed by atoms with Crippen LogP contribution in [0.4, 0.5) is 18.9 Å². The Bertz CT molecular complexity index is 1830. The van der Waals surface area contributed by atoms with Crippen LogP contribution in [-0.2, 0) is 27.9 Å². The number of carbonyl (C=O) groups is 3. The number of aromatic nitrogens is 2. The molecule has 4 heterocycles. The molecule has 6 rings (SSSR count). The SMILES string of the molecule is CC(C)(O)c1cc2nc(C3CCN(Cc4ccc(C5CCC(=O)NC5=O)cc4)CC3)sc2cc1NC(=O)c1cccc(C(F)(F)F)n1. The van der Waals surface area contributed by atoms with Crippen LogP contribution in [0.25, 0.3) is 10.2 Å². The Morgan fingerprint density at radius 2 is 1.77 bits per heavy atom. The minimum atomic E-state index is -4.69. The third-order valence-corrected chi connectivity index (χ3v) is 9.87. The van der Waals surface area contributed by atoms with Crippen LogP contribution in [0.5, 0.6) is 0 Å². The number of nitrogens with zero attached hydrogens (tertiary/aromatic N) is 3. The van der Waals surface area contributed by atoms with E-state index in [2.05, 4.69) is 20.5 Å². The van der Waals surface area contributed by atoms with E-state index in [4.69, 9.17) is 4.98 Å². The first kappa shape index (κ1) is 32.7. The smallest absolute Gasteiger partial charge is 0.386 e. The predicted molar refractivity (Wildman–Crippen MR) is 171 cm³/mol. The number of aliphatic hydroxyl groups is 1. The standard InChI is InChI=1S/C34H34F3N5O4S/c1-33(2,46)23-16-26-27(17-25(23)39-31(45)24-4-3-5-28(38-24)34(35,36)37)47-32(40-26)21-12-14-42(15-13-21)18-19-6-8-20(9-7-19)22-10-11-29(43)41-30(22)44/h3-9,16-17,21-22,46H,10-15,18H2,1-2H3,(H,39,45)(H,41,43,44). The number of halogens is 3. The molecule has 2 aliphatic rings. The van der Waals surface area contributed by atoms with Gasteiger partial charge in [-0.05, 0) is 81.6 Å². The molecule has 0 radical (unpaired) electrons. The first-order valence-electron chi connectivity index (χ1n) is 15.4. The number of pyridine rings is 1. The second-order valence-corrected chi connectivity index (χ2v) is 13.7. The number of fused-ring (bicyclic) bond motifs is 1. The zero-order chi connectivity index (χ0) is 33.5. The predicted octanol–water partition coefficient (Wildman–Crippen LogP) is 6.09. The van der Waals surface area contributed by atoms with Gasteiger partial charge in [0.25, 0.3) is 5.91 Å². The molecule has 0 saturated carbocycles. The lowest BCUT2D eigenvalue weighted by Gasteiger charge is -2.31. The van der Waals surface area contributed by atoms with Crippen molar-refractivity contribution in [1.29, 1.82) is 0 Å². The van der Waals surface area contributed by atoms with Crippen LogP contribution < -0.4 is 10.6 Å². The first-order chi connectivity index (χ1) is 22.2. The van der Waals surface area contributed by atoms with Crippen molar-refractivity contribution >= 4 is 45.0 Å². The lowest BCUT2D eigenvalue weighted by molar-refractivity contribution is -0.141. The molecular weight excluding hydrogens is 631 g/mol. The van der Waals surface area contributed by atoms with Crippen molar-refractivity contribution in [3.8, 4) is 0 Å². The molecule has 13 heteroatoms. The monoisotopic (exact) mass is 665 g/mol. The number of imide groups is 1. The average molecular weight is 666 g/mol. The summed E-state index contributed by atoms with van der Waals surface area (Å²) < 4.78 is 40.3. The van der Waals surface area contributed by atoms with Crippen molar-refractivity contribution < 1.29 is 32.7 Å². The topological polar surface area (TPSA) is 125 Å². The highest BCUT2D eigenvalue weighted by atomic mass is 32.1. The van der Waals surface area contributed by atoms with E-state index >= 15 is 0 Å². The fourth-order valence-electron chi connectivity index (χ4n) is 6.14. The minimum Gasteiger partial charge on any atom is -0.386 e. The van der Waals surface area contributed by atoms with E-state index in [1.54, 1.807) is 26.0 Å². The van der Waals surface area contributed by atoms with Gasteiger partial charge in [0.2, 0.25) is 11.8 Å². The number of rotatable bonds is 7. The van der Waals surface area contributed by atoms with Gasteiger partial charge in [-0.2, -0.15) is 13.2 Å². The quantitative estimate of drug-likeness (QED) is 0.204. The first-order valence-corrected chi connectivity index (χ1v) is 16.2. The number of carbonyl (C=O) groups excluding carboxylic acids is 3. The molecule has 0 spiro atoms. The van der Waals surface area contributed by atoms with Gasteiger partial charge >= 0.3 is 6.18 Å². The number of thiazole rings is 1. The summed E-state index contributed by atoms with van der Waals surface area (Å²) in [6.07, 6.45) is -2.01. The van der Waals surface area contributed by atoms with Crippen LogP contribution in [0.1, 0.15) is 89.2 Å². The van der Waals surface area contributed by atoms with Crippen molar-refractivity contribution in [2.45, 2.75) is 69.7 Å². The van der Waals surface area contributed by atoms with Crippen LogP contribution in [-0.4, -0.2) is 50.8 Å². The summed E-state index contributed by atoms with van der Waals surface area (Å²) >= 11 is 1.51. The van der Waals surface area contributed by atoms with Gasteiger partial charge in [0.15, 0.2) is 0 Å². The summed E-state index contributed by atoms with van der Waals surface area (Å²) in [6, 6.07) is 14.6. The highest BCUT2D eigenvalue weighted by Gasteiger charge is 2.33. The molecule has 246 valence electrons. The summed E-state index contributed by atoms with van der Waals surface area (Å²) in [5.74, 6) is -1.35. The molecule has 4 aromatic rings. The second kappa shape index (κ2) is 12.8. The molecule has 9 nitrogen and oxygen atoms in total. The maximum atomic E-state index is 13.2. The van der Waals surface area contributed by atoms with Crippen LogP contribution in [0, 0.1) is 0 Å². The molecule has 1 unspecified atom stereocenters. The number of piperidine rings is 2. The molecule has 47 heavy (non-hydrogen) atoms. The molecule has 2 aromatic heterocycles. The van der Waals surface area contributed by atoms with Gasteiger partial charge in [-0.25, -0.2) is 9.97 Å². The van der Waals surface area contributed by atoms with E-state index in [9.17, 15) is 32.7 Å². The van der Waals surface area contributed by atoms with Crippen LogP contribution in [0.3, 0.4) is 0 Å². The number of nitrogens with one attached hydrogen (secondary N) is 2. The van der Waals surface area contributed by atoms with Gasteiger partial charge in [-0.15, -0.1) is 11.3 Å². The maximum Gasteiger partial charge on any atom is 0.433 e. The summed E-state index contributed by atoms with van der Waals surface area (Å²) in [5.41, 5.74) is 0.490. The highest BCUT2D eigenvalue weighted by molar-refractivity contribution is 7.18. The Hall–Kier alpha value is -4.20. The minimum absolute atomic E-state index is 0.223. The van der Waals surface area contributed by atoms with Gasteiger partial charge in [0.05, 0.1) is 26.7 Å². The van der Waals surface area contributed by atoms with E-state index in [0.717, 1.165) is 65.4 Å². The lowest BCUT2D eigenvalue weighted by atomic mass is 9.90. The number of benzene rings is 2. The lowest BCUT2D eigenvalue weighted by Crippen LogP contribution is -2.39. The Morgan fingerprint density at radius 1 is 1.04 bits per heavy atom. The third kappa shape index (κ3) is 7.37. The van der Waals surface area contributed by atoms with Crippen molar-refractivity contribution in [3.05, 3.63) is 87.7 Å². The van der Waals surface area contributed by atoms with E-state index < -0.39 is 23.4 Å². The Labute approximate surface area is 273 Å². The molecule has 3 N–H and O–H groups in total. The van der Waals surface area contributed by atoms with Crippen molar-refractivity contribution in [2.24, 2.45) is 0 Å². The largest absolute Gasteiger partial charge is 0.433 e. The normalized spacial score (nSPS) is 18.4. The van der Waals surface area contributed by atoms with Crippen LogP contribution in [0.2, 0.25) is 0 Å². The number of amides is 3. The summed E-state index contributed by atoms with van der Waals surface area (Å²) in [6.45, 7) is 5.65. The van der Waals surface area contributed by atoms with Crippen LogP contribution in [0.15, 0.2) is 54.6 Å². The molecule has 2 aromatic carbocycles. The number of alkyl halides is 3. The second-order valence-electron chi connectivity index (χ2n) is 12.6. The molecule has 2 aliphatic heterocycles. The van der Waals surface area contributed by atoms with Crippen molar-refractivity contribution in [3.63, 3.8) is 0 Å². The third-order valence-electron chi connectivity index (χ3n) is 8.69. The molecule has 2 fully saturated rings. The number of hydrogen-bond donors (Lipinski definition) is 3. The average Bonchev–Trinajstić information content (AvgIpc) is 3.44. The number of hydrogen-bond acceptors (Lipinski definition) is 8.